The van der Waals surface area contributed by atoms with Gasteiger partial charge in [0.15, 0.2) is 17.5 Å². The summed E-state index contributed by atoms with van der Waals surface area (Å²) in [5, 5.41) is 10.1. The second kappa shape index (κ2) is 6.62. The fraction of sp³-hybridized carbons (Fsp3) is 0.150. The van der Waals surface area contributed by atoms with Crippen LogP contribution in [-0.2, 0) is 4.79 Å². The van der Waals surface area contributed by atoms with E-state index in [1.807, 2.05) is 24.3 Å². The normalized spacial score (nSPS) is 12.4. The van der Waals surface area contributed by atoms with Crippen molar-refractivity contribution in [3.63, 3.8) is 0 Å². The maximum absolute atomic E-state index is 12.8. The lowest BCUT2D eigenvalue weighted by Crippen LogP contribution is -2.21. The fourth-order valence-electron chi connectivity index (χ4n) is 2.79. The van der Waals surface area contributed by atoms with Crippen molar-refractivity contribution in [1.29, 1.82) is 5.26 Å². The number of nitriles is 1. The van der Waals surface area contributed by atoms with Gasteiger partial charge in [-0.2, -0.15) is 5.26 Å². The molecular weight excluding hydrogens is 316 g/mol. The average molecular weight is 332 g/mol. The van der Waals surface area contributed by atoms with E-state index in [1.165, 1.54) is 12.2 Å². The minimum atomic E-state index is -1.38. The average Bonchev–Trinajstić information content (AvgIpc) is 3.15. The van der Waals surface area contributed by atoms with Gasteiger partial charge in [-0.1, -0.05) is 18.2 Å². The molecule has 124 valence electrons. The van der Waals surface area contributed by atoms with Crippen LogP contribution in [0.3, 0.4) is 0 Å². The van der Waals surface area contributed by atoms with Gasteiger partial charge in [-0.15, -0.1) is 0 Å². The lowest BCUT2D eigenvalue weighted by Gasteiger charge is -2.05. The lowest BCUT2D eigenvalue weighted by atomic mass is 9.93. The number of furan rings is 1. The summed E-state index contributed by atoms with van der Waals surface area (Å²) in [6.45, 7) is 3.55. The van der Waals surface area contributed by atoms with Gasteiger partial charge in [0.2, 0.25) is 0 Å². The zero-order valence-electron chi connectivity index (χ0n) is 13.9. The van der Waals surface area contributed by atoms with Gasteiger partial charge in [0, 0.05) is 22.2 Å². The maximum atomic E-state index is 12.8. The molecule has 0 bridgehead atoms. The Labute approximate surface area is 144 Å². The summed E-state index contributed by atoms with van der Waals surface area (Å²) in [6, 6.07) is 12.6. The van der Waals surface area contributed by atoms with E-state index in [1.54, 1.807) is 32.0 Å². The van der Waals surface area contributed by atoms with Crippen molar-refractivity contribution in [2.24, 2.45) is 5.92 Å². The summed E-state index contributed by atoms with van der Waals surface area (Å²) >= 11 is 0. The Hall–Kier alpha value is -3.39. The van der Waals surface area contributed by atoms with Crippen LogP contribution in [0.4, 0.5) is 0 Å². The molecule has 0 radical (unpaired) electrons. The molecule has 1 unspecified atom stereocenters. The summed E-state index contributed by atoms with van der Waals surface area (Å²) < 4.78 is 5.34. The van der Waals surface area contributed by atoms with Crippen LogP contribution in [0.1, 0.15) is 27.6 Å². The van der Waals surface area contributed by atoms with E-state index in [4.69, 9.17) is 4.42 Å². The number of fused-ring (bicyclic) bond motifs is 1. The molecule has 1 aromatic carbocycles. The molecule has 2 heterocycles. The van der Waals surface area contributed by atoms with Crippen molar-refractivity contribution >= 4 is 28.5 Å². The molecule has 0 saturated carbocycles. The minimum absolute atomic E-state index is 0.387. The molecule has 2 aromatic heterocycles. The van der Waals surface area contributed by atoms with Gasteiger partial charge in [-0.05, 0) is 44.2 Å². The number of hydrogen-bond acceptors (Lipinski definition) is 4. The molecule has 0 spiro atoms. The number of hydrogen-bond donors (Lipinski definition) is 1. The predicted molar refractivity (Wildman–Crippen MR) is 94.0 cm³/mol. The van der Waals surface area contributed by atoms with Crippen LogP contribution in [-0.4, -0.2) is 16.6 Å². The van der Waals surface area contributed by atoms with E-state index in [0.717, 1.165) is 11.3 Å². The molecule has 0 saturated heterocycles. The summed E-state index contributed by atoms with van der Waals surface area (Å²) in [4.78, 5) is 28.3. The number of carbonyl (C=O) groups is 2. The van der Waals surface area contributed by atoms with Crippen LogP contribution in [0.15, 0.2) is 46.9 Å². The van der Waals surface area contributed by atoms with Crippen LogP contribution in [0.25, 0.3) is 17.0 Å². The molecule has 0 amide bonds. The molecule has 5 heteroatoms. The van der Waals surface area contributed by atoms with Crippen LogP contribution in [0.2, 0.25) is 0 Å². The number of H-pyrrole nitrogens is 1. The number of aryl methyl sites for hydroxylation is 2. The monoisotopic (exact) mass is 332 g/mol. The first-order valence-electron chi connectivity index (χ1n) is 7.80. The topological polar surface area (TPSA) is 86.9 Å². The summed E-state index contributed by atoms with van der Waals surface area (Å²) in [6.07, 6.45) is 2.68. The molecule has 0 fully saturated rings. The Morgan fingerprint density at radius 1 is 1.20 bits per heavy atom. The Kier molecular flexibility index (Phi) is 4.36. The number of carbonyl (C=O) groups excluding carboxylic acids is 2. The quantitative estimate of drug-likeness (QED) is 0.435. The van der Waals surface area contributed by atoms with Crippen LogP contribution >= 0.6 is 0 Å². The number of ketones is 2. The molecule has 25 heavy (non-hydrogen) atoms. The zero-order valence-corrected chi connectivity index (χ0v) is 13.9. The molecule has 1 N–H and O–H groups in total. The molecule has 0 aliphatic heterocycles. The lowest BCUT2D eigenvalue weighted by molar-refractivity contribution is -0.115. The molecule has 5 nitrogen and oxygen atoms in total. The number of para-hydroxylation sites is 1. The highest BCUT2D eigenvalue weighted by Crippen LogP contribution is 2.25. The second-order valence-corrected chi connectivity index (χ2v) is 5.78. The minimum Gasteiger partial charge on any atom is -0.462 e. The summed E-state index contributed by atoms with van der Waals surface area (Å²) in [7, 11) is 0. The van der Waals surface area contributed by atoms with Crippen molar-refractivity contribution in [2.45, 2.75) is 13.8 Å². The van der Waals surface area contributed by atoms with E-state index in [2.05, 4.69) is 4.98 Å². The van der Waals surface area contributed by atoms with Gasteiger partial charge in [0.05, 0.1) is 6.07 Å². The standard InChI is InChI=1S/C20H16N2O3/c1-12-7-8-14(25-12)9-10-18(23)16(11-21)20(24)19-13(2)22-17-6-4-3-5-15(17)19/h3-10,16,22H,1-2H3/b10-9+. The maximum Gasteiger partial charge on any atom is 0.190 e. The molecule has 1 atom stereocenters. The number of aromatic nitrogens is 1. The van der Waals surface area contributed by atoms with Crippen molar-refractivity contribution in [3.8, 4) is 6.07 Å². The third-order valence-electron chi connectivity index (χ3n) is 3.99. The van der Waals surface area contributed by atoms with E-state index < -0.39 is 17.5 Å². The highest BCUT2D eigenvalue weighted by atomic mass is 16.3. The van der Waals surface area contributed by atoms with Gasteiger partial charge in [-0.3, -0.25) is 9.59 Å². The molecule has 3 rings (SSSR count). The van der Waals surface area contributed by atoms with E-state index in [0.29, 0.717) is 22.4 Å². The van der Waals surface area contributed by atoms with Crippen LogP contribution < -0.4 is 0 Å². The number of allylic oxidation sites excluding steroid dienone is 1. The van der Waals surface area contributed by atoms with Crippen LogP contribution in [0, 0.1) is 31.1 Å². The fourth-order valence-corrected chi connectivity index (χ4v) is 2.79. The third-order valence-corrected chi connectivity index (χ3v) is 3.99. The third kappa shape index (κ3) is 3.15. The molecular formula is C20H16N2O3. The number of rotatable bonds is 5. The van der Waals surface area contributed by atoms with E-state index >= 15 is 0 Å². The first-order chi connectivity index (χ1) is 12.0. The SMILES string of the molecule is Cc1ccc(/C=C/C(=O)C(C#N)C(=O)c2c(C)[nH]c3ccccc23)o1. The summed E-state index contributed by atoms with van der Waals surface area (Å²) in [5.41, 5.74) is 1.83. The highest BCUT2D eigenvalue weighted by molar-refractivity contribution is 6.21. The van der Waals surface area contributed by atoms with Crippen molar-refractivity contribution in [1.82, 2.24) is 4.98 Å². The first kappa shape index (κ1) is 16.5. The number of nitrogens with zero attached hydrogens (tertiary/aromatic N) is 1. The van der Waals surface area contributed by atoms with Gasteiger partial charge in [-0.25, -0.2) is 0 Å². The van der Waals surface area contributed by atoms with Gasteiger partial charge in [0.25, 0.3) is 0 Å². The second-order valence-electron chi connectivity index (χ2n) is 5.78. The smallest absolute Gasteiger partial charge is 0.190 e. The van der Waals surface area contributed by atoms with Crippen molar-refractivity contribution in [3.05, 3.63) is 65.3 Å². The number of aromatic amines is 1. The van der Waals surface area contributed by atoms with Crippen LogP contribution in [0.5, 0.6) is 0 Å². The predicted octanol–water partition coefficient (Wildman–Crippen LogP) is 3.98. The van der Waals surface area contributed by atoms with Gasteiger partial charge in [0.1, 0.15) is 11.5 Å². The van der Waals surface area contributed by atoms with E-state index in [-0.39, 0.29) is 0 Å². The highest BCUT2D eigenvalue weighted by Gasteiger charge is 2.29. The molecule has 3 aromatic rings. The number of Topliss-reactive ketones (excluding diaryl/α,β-unsaturated/α-hetero) is 1. The summed E-state index contributed by atoms with van der Waals surface area (Å²) in [5.74, 6) is -1.23. The number of benzene rings is 1. The Morgan fingerprint density at radius 2 is 1.96 bits per heavy atom. The Balaban J connectivity index is 1.91. The largest absolute Gasteiger partial charge is 0.462 e. The van der Waals surface area contributed by atoms with E-state index in [9.17, 15) is 14.9 Å². The van der Waals surface area contributed by atoms with Crippen molar-refractivity contribution < 1.29 is 14.0 Å². The first-order valence-corrected chi connectivity index (χ1v) is 7.80. The van der Waals surface area contributed by atoms with Gasteiger partial charge < -0.3 is 9.40 Å². The Bertz CT molecular complexity index is 1030. The van der Waals surface area contributed by atoms with Gasteiger partial charge >= 0.3 is 0 Å². The zero-order chi connectivity index (χ0) is 18.0. The molecule has 0 aliphatic rings. The number of nitrogens with one attached hydrogen (secondary N) is 1. The Morgan fingerprint density at radius 3 is 2.64 bits per heavy atom. The van der Waals surface area contributed by atoms with Crippen molar-refractivity contribution in [2.75, 3.05) is 0 Å². The molecule has 0 aliphatic carbocycles.